The van der Waals surface area contributed by atoms with Crippen molar-refractivity contribution in [2.45, 2.75) is 57.1 Å². The van der Waals surface area contributed by atoms with E-state index < -0.39 is 5.54 Å². The Kier molecular flexibility index (Phi) is 5.16. The SMILES string of the molecule is CCCC=CC=CC(=C(C)F)c1ccc2c(c1)C1(COC(N)=N1)C1(COC1)C1(CCC1)O2. The number of fused-ring (bicyclic) bond motifs is 4. The van der Waals surface area contributed by atoms with Crippen LogP contribution < -0.4 is 10.5 Å². The molecule has 1 aliphatic carbocycles. The van der Waals surface area contributed by atoms with Gasteiger partial charge in [-0.2, -0.15) is 0 Å². The van der Waals surface area contributed by atoms with Gasteiger partial charge in [0.25, 0.3) is 6.02 Å². The third-order valence-corrected chi connectivity index (χ3v) is 7.63. The van der Waals surface area contributed by atoms with Crippen LogP contribution in [0.15, 0.2) is 53.3 Å². The lowest BCUT2D eigenvalue weighted by atomic mass is 9.49. The molecule has 0 amide bonds. The molecule has 0 aromatic heterocycles. The minimum absolute atomic E-state index is 0.197. The number of halogens is 1. The zero-order valence-electron chi connectivity index (χ0n) is 18.8. The lowest BCUT2D eigenvalue weighted by molar-refractivity contribution is -0.281. The van der Waals surface area contributed by atoms with Crippen LogP contribution in [0.4, 0.5) is 4.39 Å². The van der Waals surface area contributed by atoms with E-state index in [4.69, 9.17) is 24.9 Å². The third-order valence-electron chi connectivity index (χ3n) is 7.63. The van der Waals surface area contributed by atoms with E-state index in [2.05, 4.69) is 13.0 Å². The molecule has 5 rings (SSSR count). The van der Waals surface area contributed by atoms with Gasteiger partial charge in [-0.25, -0.2) is 9.38 Å². The van der Waals surface area contributed by atoms with Crippen molar-refractivity contribution in [3.05, 3.63) is 59.5 Å². The molecule has 3 spiro atoms. The van der Waals surface area contributed by atoms with Crippen LogP contribution in [0.5, 0.6) is 5.75 Å². The Hall–Kier alpha value is -2.60. The molecule has 3 aliphatic heterocycles. The summed E-state index contributed by atoms with van der Waals surface area (Å²) in [7, 11) is 0. The normalized spacial score (nSPS) is 27.7. The standard InChI is InChI=1S/C26H31FN2O3/c1-3-4-5-6-7-9-20(18(2)27)19-10-11-22-21(14-19)26(17-31-23(28)29-26)24(15-30-16-24)25(32-22)12-8-13-25/h5-7,9-11,14H,3-4,8,12-13,15-17H2,1-2H3,(H2,28,29). The molecule has 32 heavy (non-hydrogen) atoms. The minimum Gasteiger partial charge on any atom is -0.486 e. The van der Waals surface area contributed by atoms with Crippen LogP contribution >= 0.6 is 0 Å². The Labute approximate surface area is 188 Å². The highest BCUT2D eigenvalue weighted by atomic mass is 19.1. The Morgan fingerprint density at radius 2 is 2.03 bits per heavy atom. The molecule has 5 nitrogen and oxygen atoms in total. The lowest BCUT2D eigenvalue weighted by Gasteiger charge is -2.66. The molecular weight excluding hydrogens is 407 g/mol. The maximum absolute atomic E-state index is 14.6. The summed E-state index contributed by atoms with van der Waals surface area (Å²) in [6, 6.07) is 6.08. The monoisotopic (exact) mass is 438 g/mol. The Bertz CT molecular complexity index is 1030. The van der Waals surface area contributed by atoms with E-state index in [1.165, 1.54) is 6.92 Å². The molecule has 1 atom stereocenters. The largest absolute Gasteiger partial charge is 0.486 e. The number of nitrogens with zero attached hydrogens (tertiary/aromatic N) is 1. The molecule has 1 unspecified atom stereocenters. The Morgan fingerprint density at radius 1 is 1.22 bits per heavy atom. The molecule has 4 aliphatic rings. The van der Waals surface area contributed by atoms with Crippen molar-refractivity contribution in [3.8, 4) is 5.75 Å². The molecule has 0 radical (unpaired) electrons. The van der Waals surface area contributed by atoms with E-state index in [0.29, 0.717) is 25.4 Å². The highest BCUT2D eigenvalue weighted by molar-refractivity contribution is 5.78. The molecule has 2 N–H and O–H groups in total. The number of ether oxygens (including phenoxy) is 3. The van der Waals surface area contributed by atoms with Gasteiger partial charge >= 0.3 is 0 Å². The van der Waals surface area contributed by atoms with E-state index in [9.17, 15) is 4.39 Å². The predicted molar refractivity (Wildman–Crippen MR) is 123 cm³/mol. The van der Waals surface area contributed by atoms with Crippen LogP contribution in [0.2, 0.25) is 0 Å². The molecule has 0 bridgehead atoms. The second-order valence-corrected chi connectivity index (χ2v) is 9.36. The fourth-order valence-electron chi connectivity index (χ4n) is 5.66. The number of aliphatic imine (C=N–C) groups is 1. The van der Waals surface area contributed by atoms with E-state index in [-0.39, 0.29) is 22.9 Å². The predicted octanol–water partition coefficient (Wildman–Crippen LogP) is 5.17. The first-order valence-corrected chi connectivity index (χ1v) is 11.6. The Balaban J connectivity index is 1.61. The van der Waals surface area contributed by atoms with Crippen molar-refractivity contribution in [1.82, 2.24) is 0 Å². The molecule has 1 saturated heterocycles. The number of amidine groups is 1. The fourth-order valence-corrected chi connectivity index (χ4v) is 5.66. The van der Waals surface area contributed by atoms with Crippen LogP contribution in [-0.4, -0.2) is 31.4 Å². The van der Waals surface area contributed by atoms with Gasteiger partial charge in [0.05, 0.1) is 18.6 Å². The molecule has 1 aromatic carbocycles. The first-order chi connectivity index (χ1) is 15.5. The van der Waals surface area contributed by atoms with Crippen LogP contribution in [0.25, 0.3) is 5.57 Å². The second kappa shape index (κ2) is 7.77. The Morgan fingerprint density at radius 3 is 2.59 bits per heavy atom. The van der Waals surface area contributed by atoms with Crippen molar-refractivity contribution < 1.29 is 18.6 Å². The van der Waals surface area contributed by atoms with Gasteiger partial charge in [-0.1, -0.05) is 43.7 Å². The van der Waals surface area contributed by atoms with Gasteiger partial charge in [-0.3, -0.25) is 0 Å². The molecule has 1 saturated carbocycles. The molecule has 6 heteroatoms. The van der Waals surface area contributed by atoms with Crippen molar-refractivity contribution in [1.29, 1.82) is 0 Å². The molecule has 2 fully saturated rings. The molecule has 1 aromatic rings. The van der Waals surface area contributed by atoms with Gasteiger partial charge in [-0.05, 0) is 50.3 Å². The summed E-state index contributed by atoms with van der Waals surface area (Å²) in [5.74, 6) is 0.550. The topological polar surface area (TPSA) is 66.1 Å². The second-order valence-electron chi connectivity index (χ2n) is 9.36. The molecular formula is C26H31FN2O3. The van der Waals surface area contributed by atoms with Gasteiger partial charge in [0, 0.05) is 11.1 Å². The smallest absolute Gasteiger partial charge is 0.283 e. The maximum Gasteiger partial charge on any atom is 0.283 e. The highest BCUT2D eigenvalue weighted by Crippen LogP contribution is 2.67. The first-order valence-electron chi connectivity index (χ1n) is 11.6. The number of benzene rings is 1. The van der Waals surface area contributed by atoms with E-state index in [1.54, 1.807) is 0 Å². The number of allylic oxidation sites excluding steroid dienone is 6. The molecule has 170 valence electrons. The summed E-state index contributed by atoms with van der Waals surface area (Å²) >= 11 is 0. The summed E-state index contributed by atoms with van der Waals surface area (Å²) < 4.78 is 32.8. The number of rotatable bonds is 5. The van der Waals surface area contributed by atoms with Crippen LogP contribution in [0.1, 0.15) is 57.1 Å². The van der Waals surface area contributed by atoms with Crippen molar-refractivity contribution in [2.75, 3.05) is 19.8 Å². The third kappa shape index (κ3) is 2.88. The minimum atomic E-state index is -0.681. The number of nitrogens with two attached hydrogens (primary N) is 1. The lowest BCUT2D eigenvalue weighted by Crippen LogP contribution is -2.75. The van der Waals surface area contributed by atoms with E-state index in [1.807, 2.05) is 36.4 Å². The summed E-state index contributed by atoms with van der Waals surface area (Å²) in [6.07, 6.45) is 12.9. The van der Waals surface area contributed by atoms with Gasteiger partial charge < -0.3 is 19.9 Å². The van der Waals surface area contributed by atoms with Gasteiger partial charge in [-0.15, -0.1) is 0 Å². The van der Waals surface area contributed by atoms with Crippen molar-refractivity contribution in [2.24, 2.45) is 16.1 Å². The van der Waals surface area contributed by atoms with Gasteiger partial charge in [0.15, 0.2) is 0 Å². The summed E-state index contributed by atoms with van der Waals surface area (Å²) in [5.41, 5.74) is 6.98. The summed E-state index contributed by atoms with van der Waals surface area (Å²) in [5, 5.41) is 0. The summed E-state index contributed by atoms with van der Waals surface area (Å²) in [4.78, 5) is 4.89. The fraction of sp³-hybridized carbons (Fsp3) is 0.500. The van der Waals surface area contributed by atoms with E-state index in [0.717, 1.165) is 49.0 Å². The quantitative estimate of drug-likeness (QED) is 0.644. The average molecular weight is 439 g/mol. The zero-order valence-corrected chi connectivity index (χ0v) is 18.8. The van der Waals surface area contributed by atoms with Gasteiger partial charge in [0.1, 0.15) is 29.3 Å². The van der Waals surface area contributed by atoms with Crippen molar-refractivity contribution >= 4 is 11.6 Å². The number of unbranched alkanes of at least 4 members (excludes halogenated alkanes) is 1. The number of hydrogen-bond acceptors (Lipinski definition) is 5. The number of hydrogen-bond donors (Lipinski definition) is 1. The highest BCUT2D eigenvalue weighted by Gasteiger charge is 2.75. The zero-order chi connectivity index (χ0) is 22.4. The maximum atomic E-state index is 14.6. The average Bonchev–Trinajstić information content (AvgIpc) is 3.10. The van der Waals surface area contributed by atoms with Crippen LogP contribution in [0.3, 0.4) is 0 Å². The van der Waals surface area contributed by atoms with Crippen LogP contribution in [0, 0.1) is 5.41 Å². The summed E-state index contributed by atoms with van der Waals surface area (Å²) in [6.45, 7) is 5.09. The molecule has 3 heterocycles. The van der Waals surface area contributed by atoms with Gasteiger partial charge in [0.2, 0.25) is 0 Å². The first kappa shape index (κ1) is 21.3. The van der Waals surface area contributed by atoms with E-state index >= 15 is 0 Å². The van der Waals surface area contributed by atoms with Crippen molar-refractivity contribution in [3.63, 3.8) is 0 Å². The van der Waals surface area contributed by atoms with Crippen LogP contribution in [-0.2, 0) is 15.0 Å².